The van der Waals surface area contributed by atoms with Gasteiger partial charge in [0.25, 0.3) is 0 Å². The minimum absolute atomic E-state index is 0.130. The average molecular weight is 514 g/mol. The maximum absolute atomic E-state index is 14.0. The summed E-state index contributed by atoms with van der Waals surface area (Å²) in [5, 5.41) is 6.32. The molecule has 1 saturated heterocycles. The molecule has 1 aliphatic heterocycles. The SMILES string of the molecule is CC/C=C/N=C(NC(=O)CCC)\C(=C(/C)c1cc(Cl)cc(N2CCNC(C)C2)n1)C(C)C(F)(F)F. The maximum atomic E-state index is 14.0. The van der Waals surface area contributed by atoms with Gasteiger partial charge in [-0.2, -0.15) is 13.2 Å². The van der Waals surface area contributed by atoms with Crippen molar-refractivity contribution in [2.45, 2.75) is 66.1 Å². The zero-order valence-electron chi connectivity index (χ0n) is 21.0. The number of amides is 1. The fourth-order valence-corrected chi connectivity index (χ4v) is 4.01. The number of piperazine rings is 1. The van der Waals surface area contributed by atoms with Crippen molar-refractivity contribution in [1.29, 1.82) is 0 Å². The Morgan fingerprint density at radius 3 is 2.71 bits per heavy atom. The predicted octanol–water partition coefficient (Wildman–Crippen LogP) is 5.74. The summed E-state index contributed by atoms with van der Waals surface area (Å²) in [6.07, 6.45) is -0.0655. The van der Waals surface area contributed by atoms with Crippen LogP contribution < -0.4 is 15.5 Å². The van der Waals surface area contributed by atoms with Crippen LogP contribution in [0.5, 0.6) is 0 Å². The summed E-state index contributed by atoms with van der Waals surface area (Å²) < 4.78 is 42.1. The van der Waals surface area contributed by atoms with E-state index in [1.807, 2.05) is 13.8 Å². The first-order valence-corrected chi connectivity index (χ1v) is 12.3. The van der Waals surface area contributed by atoms with Crippen molar-refractivity contribution >= 4 is 34.7 Å². The molecule has 2 N–H and O–H groups in total. The van der Waals surface area contributed by atoms with Gasteiger partial charge in [-0.05, 0) is 51.3 Å². The third-order valence-corrected chi connectivity index (χ3v) is 5.93. The number of hydrogen-bond donors (Lipinski definition) is 2. The zero-order chi connectivity index (χ0) is 26.2. The number of pyridine rings is 1. The minimum atomic E-state index is -4.56. The second-order valence-corrected chi connectivity index (χ2v) is 9.14. The Kier molecular flexibility index (Phi) is 10.8. The van der Waals surface area contributed by atoms with E-state index >= 15 is 0 Å². The standard InChI is InChI=1S/C25H35ClF3N5O/c1-6-8-10-31-24(33-22(35)9-7-2)23(18(5)25(27,28)29)17(4)20-13-19(26)14-21(32-20)34-12-11-30-16(3)15-34/h8,10,13-14,16,18,30H,6-7,9,11-12,15H2,1-5H3,(H,31,33,35)/b10-8+,23-17+. The van der Waals surface area contributed by atoms with Crippen molar-refractivity contribution in [2.24, 2.45) is 10.9 Å². The van der Waals surface area contributed by atoms with Crippen LogP contribution in [0.15, 0.2) is 35.0 Å². The van der Waals surface area contributed by atoms with Gasteiger partial charge < -0.3 is 15.5 Å². The third kappa shape index (κ3) is 8.35. The van der Waals surface area contributed by atoms with E-state index in [2.05, 4.69) is 32.4 Å². The molecular weight excluding hydrogens is 479 g/mol. The summed E-state index contributed by atoms with van der Waals surface area (Å²) in [6, 6.07) is 3.50. The van der Waals surface area contributed by atoms with Gasteiger partial charge in [-0.1, -0.05) is 31.5 Å². The van der Waals surface area contributed by atoms with Crippen LogP contribution in [0.25, 0.3) is 5.57 Å². The monoisotopic (exact) mass is 513 g/mol. The first-order valence-electron chi connectivity index (χ1n) is 11.9. The molecule has 2 rings (SSSR count). The average Bonchev–Trinajstić information content (AvgIpc) is 2.78. The number of alkyl halides is 3. The van der Waals surface area contributed by atoms with Gasteiger partial charge in [-0.25, -0.2) is 9.98 Å². The Bertz CT molecular complexity index is 974. The van der Waals surface area contributed by atoms with Gasteiger partial charge in [0.15, 0.2) is 0 Å². The van der Waals surface area contributed by atoms with Gasteiger partial charge in [0, 0.05) is 48.9 Å². The summed E-state index contributed by atoms with van der Waals surface area (Å²) >= 11 is 6.39. The summed E-state index contributed by atoms with van der Waals surface area (Å²) in [5.74, 6) is -1.83. The normalized spacial score (nSPS) is 19.1. The molecule has 1 fully saturated rings. The van der Waals surface area contributed by atoms with Gasteiger partial charge in [0.05, 0.1) is 11.6 Å². The molecule has 1 aromatic heterocycles. The first kappa shape index (κ1) is 28.8. The Hall–Kier alpha value is -2.39. The van der Waals surface area contributed by atoms with Crippen LogP contribution in [-0.2, 0) is 4.79 Å². The number of aromatic nitrogens is 1. The summed E-state index contributed by atoms with van der Waals surface area (Å²) in [5.41, 5.74) is 0.418. The first-order chi connectivity index (χ1) is 16.5. The largest absolute Gasteiger partial charge is 0.395 e. The van der Waals surface area contributed by atoms with Crippen molar-refractivity contribution < 1.29 is 18.0 Å². The summed E-state index contributed by atoms with van der Waals surface area (Å²) in [6.45, 7) is 10.5. The molecular formula is C25H35ClF3N5O. The molecule has 0 aromatic carbocycles. The van der Waals surface area contributed by atoms with Crippen LogP contribution in [0.2, 0.25) is 5.02 Å². The van der Waals surface area contributed by atoms with Crippen LogP contribution >= 0.6 is 11.6 Å². The van der Waals surface area contributed by atoms with Crippen LogP contribution in [0, 0.1) is 5.92 Å². The van der Waals surface area contributed by atoms with Gasteiger partial charge in [-0.15, -0.1) is 0 Å². The molecule has 10 heteroatoms. The number of anilines is 1. The minimum Gasteiger partial charge on any atom is -0.354 e. The van der Waals surface area contributed by atoms with Crippen LogP contribution in [0.3, 0.4) is 0 Å². The molecule has 194 valence electrons. The van der Waals surface area contributed by atoms with Gasteiger partial charge in [0.2, 0.25) is 5.91 Å². The van der Waals surface area contributed by atoms with E-state index in [4.69, 9.17) is 11.6 Å². The van der Waals surface area contributed by atoms with Gasteiger partial charge >= 0.3 is 6.18 Å². The quantitative estimate of drug-likeness (QED) is 0.343. The fourth-order valence-electron chi connectivity index (χ4n) is 3.81. The molecule has 35 heavy (non-hydrogen) atoms. The number of aliphatic imine (C=N–C) groups is 1. The molecule has 2 unspecified atom stereocenters. The highest BCUT2D eigenvalue weighted by molar-refractivity contribution is 6.31. The van der Waals surface area contributed by atoms with Gasteiger partial charge in [0.1, 0.15) is 11.7 Å². The summed E-state index contributed by atoms with van der Waals surface area (Å²) in [7, 11) is 0. The highest BCUT2D eigenvalue weighted by Crippen LogP contribution is 2.36. The lowest BCUT2D eigenvalue weighted by Gasteiger charge is -2.33. The van der Waals surface area contributed by atoms with Crippen molar-refractivity contribution in [1.82, 2.24) is 15.6 Å². The van der Waals surface area contributed by atoms with E-state index < -0.39 is 18.0 Å². The van der Waals surface area contributed by atoms with Crippen LogP contribution in [0.4, 0.5) is 19.0 Å². The van der Waals surface area contributed by atoms with Crippen molar-refractivity contribution in [3.63, 3.8) is 0 Å². The Morgan fingerprint density at radius 1 is 1.40 bits per heavy atom. The van der Waals surface area contributed by atoms with Crippen molar-refractivity contribution in [3.05, 3.63) is 40.7 Å². The highest BCUT2D eigenvalue weighted by Gasteiger charge is 2.41. The lowest BCUT2D eigenvalue weighted by molar-refractivity contribution is -0.157. The maximum Gasteiger partial charge on any atom is 0.395 e. The Morgan fingerprint density at radius 2 is 2.11 bits per heavy atom. The smallest absolute Gasteiger partial charge is 0.354 e. The number of rotatable bonds is 8. The lowest BCUT2D eigenvalue weighted by Crippen LogP contribution is -2.49. The second-order valence-electron chi connectivity index (χ2n) is 8.70. The molecule has 1 amide bonds. The molecule has 1 aromatic rings. The van der Waals surface area contributed by atoms with E-state index in [-0.39, 0.29) is 29.4 Å². The number of amidine groups is 1. The third-order valence-electron chi connectivity index (χ3n) is 5.72. The van der Waals surface area contributed by atoms with E-state index in [0.29, 0.717) is 42.5 Å². The Balaban J connectivity index is 2.68. The molecule has 2 atom stereocenters. The lowest BCUT2D eigenvalue weighted by atomic mass is 9.92. The van der Waals surface area contributed by atoms with Crippen LogP contribution in [-0.4, -0.2) is 48.6 Å². The highest BCUT2D eigenvalue weighted by atomic mass is 35.5. The second kappa shape index (κ2) is 13.1. The molecule has 0 bridgehead atoms. The fraction of sp³-hybridized carbons (Fsp3) is 0.560. The number of halogens is 4. The number of carbonyl (C=O) groups is 1. The predicted molar refractivity (Wildman–Crippen MR) is 137 cm³/mol. The van der Waals surface area contributed by atoms with Gasteiger partial charge in [-0.3, -0.25) is 4.79 Å². The van der Waals surface area contributed by atoms with E-state index in [1.165, 1.54) is 6.20 Å². The van der Waals surface area contributed by atoms with E-state index in [9.17, 15) is 18.0 Å². The zero-order valence-corrected chi connectivity index (χ0v) is 21.7. The van der Waals surface area contributed by atoms with E-state index in [0.717, 1.165) is 13.5 Å². The molecule has 6 nitrogen and oxygen atoms in total. The molecule has 0 spiro atoms. The molecule has 2 heterocycles. The molecule has 0 radical (unpaired) electrons. The van der Waals surface area contributed by atoms with Crippen LogP contribution in [0.1, 0.15) is 59.6 Å². The molecule has 0 aliphatic carbocycles. The molecule has 1 aliphatic rings. The number of hydrogen-bond acceptors (Lipinski definition) is 5. The number of carbonyl (C=O) groups excluding carboxylic acids is 1. The molecule has 0 saturated carbocycles. The van der Waals surface area contributed by atoms with Crippen molar-refractivity contribution in [2.75, 3.05) is 24.5 Å². The summed E-state index contributed by atoms with van der Waals surface area (Å²) in [4.78, 5) is 23.4. The number of nitrogens with one attached hydrogen (secondary N) is 2. The number of nitrogens with zero attached hydrogens (tertiary/aromatic N) is 3. The Labute approximate surface area is 210 Å². The number of allylic oxidation sites excluding steroid dienone is 2. The topological polar surface area (TPSA) is 69.6 Å². The van der Waals surface area contributed by atoms with E-state index in [1.54, 1.807) is 25.1 Å². The van der Waals surface area contributed by atoms with Crippen molar-refractivity contribution in [3.8, 4) is 0 Å².